The van der Waals surface area contributed by atoms with Crippen LogP contribution < -0.4 is 28.3 Å². The summed E-state index contributed by atoms with van der Waals surface area (Å²) in [5, 5.41) is 0. The third kappa shape index (κ3) is 16.6. The number of nitrogens with two attached hydrogens (primary N) is 3. The van der Waals surface area contributed by atoms with Crippen LogP contribution in [0.5, 0.6) is 0 Å². The molecule has 9 nitrogen and oxygen atoms in total. The van der Waals surface area contributed by atoms with Crippen molar-refractivity contribution in [2.24, 2.45) is 17.4 Å². The van der Waals surface area contributed by atoms with Gasteiger partial charge in [-0.25, -0.2) is 16.5 Å². The Bertz CT molecular complexity index is 241. The van der Waals surface area contributed by atoms with Crippen LogP contribution in [0.25, 0.3) is 0 Å². The maximum Gasteiger partial charge on any atom is 0.404 e. The minimum Gasteiger partial charge on any atom is -0.450 e. The molecule has 0 bridgehead atoms. The predicted molar refractivity (Wildman–Crippen MR) is 64.3 cm³/mol. The highest BCUT2D eigenvalue weighted by atomic mass is 16.5. The van der Waals surface area contributed by atoms with Crippen molar-refractivity contribution in [1.82, 2.24) is 10.9 Å². The van der Waals surface area contributed by atoms with Gasteiger partial charge in [0.1, 0.15) is 0 Å². The molecule has 0 saturated heterocycles. The second-order valence-electron chi connectivity index (χ2n) is 3.09. The van der Waals surface area contributed by atoms with E-state index in [-0.39, 0.29) is 11.8 Å². The van der Waals surface area contributed by atoms with E-state index >= 15 is 0 Å². The maximum absolute atomic E-state index is 10.6. The van der Waals surface area contributed by atoms with Crippen molar-refractivity contribution < 1.29 is 19.1 Å². The summed E-state index contributed by atoms with van der Waals surface area (Å²) in [6.45, 7) is 2.06. The van der Waals surface area contributed by atoms with Gasteiger partial charge >= 0.3 is 6.09 Å². The molecule has 0 aliphatic rings. The summed E-state index contributed by atoms with van der Waals surface area (Å²) in [5.74, 6) is 9.24. The van der Waals surface area contributed by atoms with Gasteiger partial charge < -0.3 is 10.5 Å². The average molecular weight is 263 g/mol. The summed E-state index contributed by atoms with van der Waals surface area (Å²) in [5.41, 5.74) is 8.55. The molecule has 0 aromatic heterocycles. The number of carbonyl (C=O) groups excluding carboxylic acids is 3. The highest BCUT2D eigenvalue weighted by Gasteiger charge is 2.00. The number of hydrogen-bond acceptors (Lipinski definition) is 6. The highest BCUT2D eigenvalue weighted by Crippen LogP contribution is 1.98. The Morgan fingerprint density at radius 1 is 1.00 bits per heavy atom. The molecule has 0 aromatic rings. The number of hydrogen-bond donors (Lipinski definition) is 5. The molecule has 0 aliphatic heterocycles. The topological polar surface area (TPSA) is 163 Å². The molecule has 106 valence electrons. The molecule has 9 heteroatoms. The van der Waals surface area contributed by atoms with E-state index in [2.05, 4.69) is 10.5 Å². The Morgan fingerprint density at radius 2 is 1.39 bits per heavy atom. The van der Waals surface area contributed by atoms with Gasteiger partial charge in [0.2, 0.25) is 11.8 Å². The normalized spacial score (nSPS) is 8.61. The number of primary amides is 1. The van der Waals surface area contributed by atoms with Crippen LogP contribution in [0.4, 0.5) is 4.79 Å². The predicted octanol–water partition coefficient (Wildman–Crippen LogP) is -1.37. The monoisotopic (exact) mass is 263 g/mol. The number of nitrogens with one attached hydrogen (secondary N) is 2. The molecule has 0 aliphatic carbocycles. The maximum atomic E-state index is 10.6. The fourth-order valence-electron chi connectivity index (χ4n) is 0.858. The molecule has 0 spiro atoms. The lowest BCUT2D eigenvalue weighted by Crippen LogP contribution is -2.30. The second-order valence-corrected chi connectivity index (χ2v) is 3.09. The fourth-order valence-corrected chi connectivity index (χ4v) is 0.858. The number of hydrazine groups is 2. The van der Waals surface area contributed by atoms with Gasteiger partial charge in [-0.15, -0.1) is 0 Å². The highest BCUT2D eigenvalue weighted by molar-refractivity contribution is 5.76. The summed E-state index contributed by atoms with van der Waals surface area (Å²) in [4.78, 5) is 30.7. The third-order valence-electron chi connectivity index (χ3n) is 1.67. The van der Waals surface area contributed by atoms with Crippen LogP contribution in [-0.2, 0) is 14.3 Å². The Balaban J connectivity index is 0. The Morgan fingerprint density at radius 3 is 1.56 bits per heavy atom. The smallest absolute Gasteiger partial charge is 0.404 e. The number of unbranched alkanes of at least 4 members (excludes halogenated alkanes) is 1. The molecule has 0 unspecified atom stereocenters. The Labute approximate surface area is 105 Å². The molecule has 0 aromatic carbocycles. The van der Waals surface area contributed by atoms with Gasteiger partial charge in [-0.2, -0.15) is 0 Å². The largest absolute Gasteiger partial charge is 0.450 e. The molecule has 0 fully saturated rings. The molecule has 0 atom stereocenters. The summed E-state index contributed by atoms with van der Waals surface area (Å²) >= 11 is 0. The van der Waals surface area contributed by atoms with Crippen LogP contribution in [0.2, 0.25) is 0 Å². The molecule has 0 heterocycles. The van der Waals surface area contributed by atoms with Crippen molar-refractivity contribution in [3.8, 4) is 0 Å². The zero-order valence-corrected chi connectivity index (χ0v) is 10.4. The third-order valence-corrected chi connectivity index (χ3v) is 1.67. The number of rotatable bonds is 6. The van der Waals surface area contributed by atoms with Crippen LogP contribution in [0.3, 0.4) is 0 Å². The van der Waals surface area contributed by atoms with E-state index < -0.39 is 6.09 Å². The van der Waals surface area contributed by atoms with Gasteiger partial charge in [0.05, 0.1) is 6.61 Å². The molecule has 8 N–H and O–H groups in total. The van der Waals surface area contributed by atoms with Crippen molar-refractivity contribution in [2.75, 3.05) is 6.61 Å². The zero-order valence-electron chi connectivity index (χ0n) is 10.4. The molecule has 18 heavy (non-hydrogen) atoms. The lowest BCUT2D eigenvalue weighted by atomic mass is 10.2. The summed E-state index contributed by atoms with van der Waals surface area (Å²) < 4.78 is 4.18. The number of carbonyl (C=O) groups is 3. The lowest BCUT2D eigenvalue weighted by Gasteiger charge is -1.99. The second kappa shape index (κ2) is 13.2. The molecular formula is C9H21N5O4. The van der Waals surface area contributed by atoms with Crippen molar-refractivity contribution >= 4 is 17.9 Å². The Kier molecular flexibility index (Phi) is 13.6. The van der Waals surface area contributed by atoms with Gasteiger partial charge in [-0.05, 0) is 19.8 Å². The standard InChI is InChI=1S/C6H14N4O2.C3H7NO2/c7-9-5(11)3-1-2-4-6(12)10-8;1-2-6-3(4)5/h1-4,7-8H2,(H,9,11)(H,10,12);2H2,1H3,(H2,4,5). The van der Waals surface area contributed by atoms with Gasteiger partial charge in [-0.3, -0.25) is 20.4 Å². The quantitative estimate of drug-likeness (QED) is 0.172. The minimum atomic E-state index is -0.711. The average Bonchev–Trinajstić information content (AvgIpc) is 2.34. The number of amides is 3. The van der Waals surface area contributed by atoms with Crippen molar-refractivity contribution in [2.45, 2.75) is 32.6 Å². The van der Waals surface area contributed by atoms with Crippen LogP contribution in [-0.4, -0.2) is 24.5 Å². The first-order chi connectivity index (χ1) is 8.47. The number of ether oxygens (including phenoxy) is 1. The first kappa shape index (κ1) is 18.5. The molecule has 3 amide bonds. The van der Waals surface area contributed by atoms with Crippen molar-refractivity contribution in [3.05, 3.63) is 0 Å². The summed E-state index contributed by atoms with van der Waals surface area (Å²) in [6, 6.07) is 0. The lowest BCUT2D eigenvalue weighted by molar-refractivity contribution is -0.123. The Hall–Kier alpha value is -1.87. The van der Waals surface area contributed by atoms with Gasteiger partial charge in [-0.1, -0.05) is 0 Å². The molecule has 0 rings (SSSR count). The molecule has 0 saturated carbocycles. The van der Waals surface area contributed by atoms with Gasteiger partial charge in [0.25, 0.3) is 0 Å². The van der Waals surface area contributed by atoms with Crippen LogP contribution in [0.15, 0.2) is 0 Å². The van der Waals surface area contributed by atoms with E-state index in [1.807, 2.05) is 10.9 Å². The minimum absolute atomic E-state index is 0.219. The molecule has 0 radical (unpaired) electrons. The SMILES string of the molecule is CCOC(N)=O.NNC(=O)CCCCC(=O)NN. The van der Waals surface area contributed by atoms with Crippen LogP contribution in [0, 0.1) is 0 Å². The van der Waals surface area contributed by atoms with E-state index in [0.29, 0.717) is 32.3 Å². The zero-order chi connectivity index (χ0) is 14.4. The van der Waals surface area contributed by atoms with E-state index in [0.717, 1.165) is 0 Å². The van der Waals surface area contributed by atoms with Crippen molar-refractivity contribution in [1.29, 1.82) is 0 Å². The first-order valence-electron chi connectivity index (χ1n) is 5.39. The summed E-state index contributed by atoms with van der Waals surface area (Å²) in [6.07, 6.45) is 1.24. The van der Waals surface area contributed by atoms with Crippen LogP contribution in [0.1, 0.15) is 32.6 Å². The fraction of sp³-hybridized carbons (Fsp3) is 0.667. The van der Waals surface area contributed by atoms with Crippen molar-refractivity contribution in [3.63, 3.8) is 0 Å². The van der Waals surface area contributed by atoms with Gasteiger partial charge in [0.15, 0.2) is 0 Å². The van der Waals surface area contributed by atoms with Gasteiger partial charge in [0, 0.05) is 12.8 Å². The molecular weight excluding hydrogens is 242 g/mol. The van der Waals surface area contributed by atoms with E-state index in [4.69, 9.17) is 11.7 Å². The van der Waals surface area contributed by atoms with Crippen LogP contribution >= 0.6 is 0 Å². The first-order valence-corrected chi connectivity index (χ1v) is 5.39. The van der Waals surface area contributed by atoms with E-state index in [1.165, 1.54) is 0 Å². The van der Waals surface area contributed by atoms with E-state index in [1.54, 1.807) is 6.92 Å². The summed E-state index contributed by atoms with van der Waals surface area (Å²) in [7, 11) is 0. The van der Waals surface area contributed by atoms with E-state index in [9.17, 15) is 14.4 Å².